The van der Waals surface area contributed by atoms with E-state index in [1.54, 1.807) is 12.1 Å². The minimum Gasteiger partial charge on any atom is -0.497 e. The molecule has 0 saturated carbocycles. The second-order valence-electron chi connectivity index (χ2n) is 10.4. The van der Waals surface area contributed by atoms with E-state index in [1.807, 2.05) is 35.2 Å². The van der Waals surface area contributed by atoms with E-state index < -0.39 is 41.0 Å². The van der Waals surface area contributed by atoms with Gasteiger partial charge in [0.1, 0.15) is 5.75 Å². The van der Waals surface area contributed by atoms with Crippen LogP contribution in [0, 0.1) is 5.41 Å². The zero-order chi connectivity index (χ0) is 28.2. The van der Waals surface area contributed by atoms with Gasteiger partial charge in [0.2, 0.25) is 5.91 Å². The first-order chi connectivity index (χ1) is 19.1. The van der Waals surface area contributed by atoms with Crippen LogP contribution in [-0.2, 0) is 22.2 Å². The van der Waals surface area contributed by atoms with Gasteiger partial charge in [-0.15, -0.1) is 0 Å². The molecule has 3 aromatic carbocycles. The number of nitrogens with one attached hydrogen (secondary N) is 1. The fraction of sp³-hybridized carbons (Fsp3) is 0.300. The number of fused-ring (bicyclic) bond motifs is 4. The van der Waals surface area contributed by atoms with Gasteiger partial charge >= 0.3 is 12.2 Å². The number of rotatable bonds is 3. The Morgan fingerprint density at radius 1 is 0.975 bits per heavy atom. The molecule has 7 nitrogen and oxygen atoms in total. The molecule has 0 bridgehead atoms. The van der Waals surface area contributed by atoms with Gasteiger partial charge in [-0.25, -0.2) is 9.69 Å². The second kappa shape index (κ2) is 9.39. The number of ether oxygens (including phenoxy) is 1. The molecule has 3 atom stereocenters. The molecule has 3 heterocycles. The molecule has 206 valence electrons. The number of carbonyl (C=O) groups excluding carboxylic acids is 3. The lowest BCUT2D eigenvalue weighted by atomic mass is 9.64. The van der Waals surface area contributed by atoms with Crippen LogP contribution in [0.1, 0.15) is 35.4 Å². The average Bonchev–Trinajstić information content (AvgIpc) is 2.95. The molecule has 10 heteroatoms. The molecule has 2 saturated heterocycles. The summed E-state index contributed by atoms with van der Waals surface area (Å²) in [6.45, 7) is 0.432. The molecule has 4 amide bonds. The van der Waals surface area contributed by atoms with Crippen LogP contribution < -0.4 is 19.9 Å². The summed E-state index contributed by atoms with van der Waals surface area (Å²) in [5.74, 6) is -1.02. The number of amides is 4. The molecule has 0 aromatic heterocycles. The number of alkyl halides is 3. The third-order valence-corrected chi connectivity index (χ3v) is 8.37. The van der Waals surface area contributed by atoms with E-state index in [9.17, 15) is 27.6 Å². The van der Waals surface area contributed by atoms with Gasteiger partial charge in [0.05, 0.1) is 24.4 Å². The molecule has 3 aliphatic heterocycles. The van der Waals surface area contributed by atoms with Crippen LogP contribution in [0.25, 0.3) is 0 Å². The lowest BCUT2D eigenvalue weighted by molar-refractivity contribution is -0.145. The van der Waals surface area contributed by atoms with Crippen molar-refractivity contribution in [1.82, 2.24) is 5.32 Å². The van der Waals surface area contributed by atoms with Crippen molar-refractivity contribution in [3.8, 4) is 5.75 Å². The van der Waals surface area contributed by atoms with Gasteiger partial charge in [-0.2, -0.15) is 13.2 Å². The number of urea groups is 1. The predicted molar refractivity (Wildman–Crippen MR) is 141 cm³/mol. The van der Waals surface area contributed by atoms with E-state index in [4.69, 9.17) is 4.74 Å². The van der Waals surface area contributed by atoms with Crippen LogP contribution in [0.2, 0.25) is 0 Å². The van der Waals surface area contributed by atoms with E-state index in [-0.39, 0.29) is 23.6 Å². The van der Waals surface area contributed by atoms with Crippen molar-refractivity contribution in [2.75, 3.05) is 23.5 Å². The van der Waals surface area contributed by atoms with Crippen molar-refractivity contribution in [2.24, 2.45) is 5.41 Å². The van der Waals surface area contributed by atoms with E-state index in [1.165, 1.54) is 25.3 Å². The predicted octanol–water partition coefficient (Wildman–Crippen LogP) is 5.29. The van der Waals surface area contributed by atoms with E-state index in [0.29, 0.717) is 30.8 Å². The number of anilines is 2. The van der Waals surface area contributed by atoms with Gasteiger partial charge in [0.25, 0.3) is 5.91 Å². The summed E-state index contributed by atoms with van der Waals surface area (Å²) >= 11 is 0. The maximum Gasteiger partial charge on any atom is 0.416 e. The minimum absolute atomic E-state index is 0.0167. The summed E-state index contributed by atoms with van der Waals surface area (Å²) in [5, 5.41) is 2.36. The van der Waals surface area contributed by atoms with Crippen molar-refractivity contribution in [3.05, 3.63) is 89.5 Å². The first-order valence-electron chi connectivity index (χ1n) is 13.0. The third kappa shape index (κ3) is 4.01. The molecule has 6 rings (SSSR count). The lowest BCUT2D eigenvalue weighted by Gasteiger charge is -2.55. The van der Waals surface area contributed by atoms with Gasteiger partial charge < -0.3 is 9.64 Å². The summed E-state index contributed by atoms with van der Waals surface area (Å²) in [4.78, 5) is 44.1. The maximum atomic E-state index is 14.4. The summed E-state index contributed by atoms with van der Waals surface area (Å²) < 4.78 is 46.3. The molecule has 2 fully saturated rings. The van der Waals surface area contributed by atoms with Crippen LogP contribution in [0.15, 0.2) is 72.8 Å². The minimum atomic E-state index is -4.59. The number of piperidine rings is 1. The highest BCUT2D eigenvalue weighted by atomic mass is 19.4. The van der Waals surface area contributed by atoms with Gasteiger partial charge in [-0.05, 0) is 78.8 Å². The van der Waals surface area contributed by atoms with Gasteiger partial charge in [-0.1, -0.05) is 30.3 Å². The topological polar surface area (TPSA) is 79.0 Å². The van der Waals surface area contributed by atoms with Crippen molar-refractivity contribution < 1.29 is 32.3 Å². The molecule has 1 spiro atoms. The fourth-order valence-electron chi connectivity index (χ4n) is 6.42. The number of carbonyl (C=O) groups is 3. The number of barbiturate groups is 1. The Balaban J connectivity index is 1.49. The first kappa shape index (κ1) is 25.9. The SMILES string of the molecule is COc1ccc(N2C(=O)NC(=O)[C@]3(Cc4cc(C(F)(F)F)ccc4N4CC[C@@H](c5ccccc5)C[C@H]43)C2=O)cc1. The highest BCUT2D eigenvalue weighted by Crippen LogP contribution is 2.51. The Bertz CT molecular complexity index is 1490. The fourth-order valence-corrected chi connectivity index (χ4v) is 6.42. The molecule has 3 aliphatic rings. The van der Waals surface area contributed by atoms with Crippen LogP contribution >= 0.6 is 0 Å². The standard InChI is InChI=1S/C30H26F3N3O4/c1-40-23-10-8-22(9-11-23)36-27(38)29(26(37)34-28(36)39)17-20-15-21(30(31,32)33)7-12-24(20)35-14-13-19(16-25(29)35)18-5-3-2-4-6-18/h2-12,15,19,25H,13-14,16-17H2,1H3,(H,34,37,39)/t19-,25+,29-/m1/s1. The number of hydrogen-bond acceptors (Lipinski definition) is 5. The van der Waals surface area contributed by atoms with Crippen molar-refractivity contribution >= 4 is 29.2 Å². The zero-order valence-corrected chi connectivity index (χ0v) is 21.6. The van der Waals surface area contributed by atoms with E-state index in [2.05, 4.69) is 5.32 Å². The molecular formula is C30H26F3N3O4. The van der Waals surface area contributed by atoms with Crippen molar-refractivity contribution in [1.29, 1.82) is 0 Å². The van der Waals surface area contributed by atoms with Crippen molar-refractivity contribution in [2.45, 2.75) is 37.4 Å². The molecule has 1 N–H and O–H groups in total. The van der Waals surface area contributed by atoms with Gasteiger partial charge in [-0.3, -0.25) is 14.9 Å². The van der Waals surface area contributed by atoms with Gasteiger partial charge in [0.15, 0.2) is 5.41 Å². The molecule has 0 unspecified atom stereocenters. The van der Waals surface area contributed by atoms with Crippen LogP contribution in [0.3, 0.4) is 0 Å². The van der Waals surface area contributed by atoms with Crippen LogP contribution in [0.4, 0.5) is 29.3 Å². The summed E-state index contributed by atoms with van der Waals surface area (Å²) in [6.07, 6.45) is -3.76. The highest BCUT2D eigenvalue weighted by molar-refractivity contribution is 6.30. The first-order valence-corrected chi connectivity index (χ1v) is 13.0. The summed E-state index contributed by atoms with van der Waals surface area (Å²) in [5.41, 5.74) is -0.571. The smallest absolute Gasteiger partial charge is 0.416 e. The number of hydrogen-bond donors (Lipinski definition) is 1. The third-order valence-electron chi connectivity index (χ3n) is 8.37. The monoisotopic (exact) mass is 549 g/mol. The highest BCUT2D eigenvalue weighted by Gasteiger charge is 2.63. The Hall–Kier alpha value is -4.34. The average molecular weight is 550 g/mol. The molecule has 40 heavy (non-hydrogen) atoms. The van der Waals surface area contributed by atoms with E-state index >= 15 is 0 Å². The number of methoxy groups -OCH3 is 1. The zero-order valence-electron chi connectivity index (χ0n) is 21.6. The van der Waals surface area contributed by atoms with Gasteiger partial charge in [0, 0.05) is 12.2 Å². The number of benzene rings is 3. The number of halogens is 3. The van der Waals surface area contributed by atoms with Crippen LogP contribution in [-0.4, -0.2) is 37.5 Å². The van der Waals surface area contributed by atoms with E-state index in [0.717, 1.165) is 22.6 Å². The summed E-state index contributed by atoms with van der Waals surface area (Å²) in [7, 11) is 1.48. The Labute approximate surface area is 228 Å². The molecule has 0 aliphatic carbocycles. The Kier molecular flexibility index (Phi) is 6.08. The lowest BCUT2D eigenvalue weighted by Crippen LogP contribution is -2.73. The number of nitrogens with zero attached hydrogens (tertiary/aromatic N) is 2. The molecule has 0 radical (unpaired) electrons. The maximum absolute atomic E-state index is 14.4. The van der Waals surface area contributed by atoms with Crippen molar-refractivity contribution in [3.63, 3.8) is 0 Å². The van der Waals surface area contributed by atoms with Crippen LogP contribution in [0.5, 0.6) is 5.75 Å². The Morgan fingerprint density at radius 3 is 2.38 bits per heavy atom. The second-order valence-corrected chi connectivity index (χ2v) is 10.4. The normalized spacial score (nSPS) is 24.4. The number of imide groups is 2. The largest absolute Gasteiger partial charge is 0.497 e. The molecular weight excluding hydrogens is 523 g/mol. The Morgan fingerprint density at radius 2 is 1.70 bits per heavy atom. The quantitative estimate of drug-likeness (QED) is 0.449. The summed E-state index contributed by atoms with van der Waals surface area (Å²) in [6, 6.07) is 17.9. The molecule has 3 aromatic rings.